The maximum absolute atomic E-state index is 5.67. The molecule has 1 aliphatic carbocycles. The molecule has 1 atom stereocenters. The summed E-state index contributed by atoms with van der Waals surface area (Å²) in [5, 5.41) is 10.1. The third-order valence-electron chi connectivity index (χ3n) is 14.7. The van der Waals surface area contributed by atoms with Crippen molar-refractivity contribution in [3.05, 3.63) is 234 Å². The van der Waals surface area contributed by atoms with E-state index in [0.717, 1.165) is 57.9 Å². The summed E-state index contributed by atoms with van der Waals surface area (Å²) in [5.74, 6) is 0.797. The average Bonchev–Trinajstić information content (AvgIpc) is 3.80. The lowest BCUT2D eigenvalue weighted by Crippen LogP contribution is -2.04. The number of thiophene rings is 1. The molecule has 2 aromatic heterocycles. The Morgan fingerprint density at radius 3 is 1.97 bits per heavy atom. The first-order chi connectivity index (χ1) is 34.0. The van der Waals surface area contributed by atoms with Gasteiger partial charge in [-0.1, -0.05) is 189 Å². The number of benzene rings is 10. The van der Waals surface area contributed by atoms with Crippen LogP contribution in [0.15, 0.2) is 200 Å². The van der Waals surface area contributed by atoms with E-state index in [0.29, 0.717) is 0 Å². The molecule has 0 fully saturated rings. The molecule has 0 saturated heterocycles. The second-order valence-corrected chi connectivity index (χ2v) is 19.8. The number of hydrogen-bond acceptors (Lipinski definition) is 3. The first kappa shape index (κ1) is 41.2. The highest BCUT2D eigenvalue weighted by Gasteiger charge is 2.26. The molecule has 1 aliphatic rings. The number of fused-ring (bicyclic) bond motifs is 8. The molecule has 1 unspecified atom stereocenters. The molecule has 10 aromatic carbocycles. The van der Waals surface area contributed by atoms with Crippen molar-refractivity contribution in [2.24, 2.45) is 0 Å². The van der Waals surface area contributed by atoms with Crippen LogP contribution in [0.4, 0.5) is 0 Å². The fourth-order valence-corrected chi connectivity index (χ4v) is 12.6. The molecule has 0 saturated carbocycles. The van der Waals surface area contributed by atoms with Crippen LogP contribution in [0.2, 0.25) is 0 Å². The molecule has 2 heterocycles. The van der Waals surface area contributed by atoms with Crippen molar-refractivity contribution in [1.82, 2.24) is 9.97 Å². The van der Waals surface area contributed by atoms with E-state index in [4.69, 9.17) is 9.97 Å². The Bertz CT molecular complexity index is 4060. The highest BCUT2D eigenvalue weighted by molar-refractivity contribution is 7.26. The van der Waals surface area contributed by atoms with Gasteiger partial charge in [-0.3, -0.25) is 0 Å². The first-order valence-corrected chi connectivity index (χ1v) is 25.0. The molecular weight excluding hydrogens is 853 g/mol. The van der Waals surface area contributed by atoms with Crippen LogP contribution in [0.5, 0.6) is 0 Å². The molecule has 0 radical (unpaired) electrons. The van der Waals surface area contributed by atoms with Crippen LogP contribution in [0.3, 0.4) is 0 Å². The molecule has 328 valence electrons. The Hall–Kier alpha value is -7.98. The van der Waals surface area contributed by atoms with Crippen LogP contribution in [0.25, 0.3) is 115 Å². The van der Waals surface area contributed by atoms with E-state index in [1.165, 1.54) is 97.0 Å². The van der Waals surface area contributed by atoms with Crippen molar-refractivity contribution in [3.63, 3.8) is 0 Å². The zero-order valence-corrected chi connectivity index (χ0v) is 39.7. The van der Waals surface area contributed by atoms with Crippen molar-refractivity contribution in [1.29, 1.82) is 0 Å². The third kappa shape index (κ3) is 6.91. The van der Waals surface area contributed by atoms with Crippen molar-refractivity contribution < 1.29 is 0 Å². The summed E-state index contributed by atoms with van der Waals surface area (Å²) in [4.78, 5) is 11.3. The van der Waals surface area contributed by atoms with Crippen molar-refractivity contribution >= 4 is 69.9 Å². The molecule has 2 nitrogen and oxygen atoms in total. The SMILES string of the molecule is Cc1cc2ccccc2cc1-c1c(C(C)c2ccc(-c3nc(-c4cccc(-c5ccccc5)c4)nc(-c4cc5c(c6ccccc46)CCC=C5)c3C)c3c2sc2ccccc23)ccc2ccccc12. The number of hydrogen-bond donors (Lipinski definition) is 0. The van der Waals surface area contributed by atoms with Crippen molar-refractivity contribution in [2.75, 3.05) is 0 Å². The van der Waals surface area contributed by atoms with E-state index in [-0.39, 0.29) is 5.92 Å². The number of nitrogens with zero attached hydrogens (tertiary/aromatic N) is 2. The van der Waals surface area contributed by atoms with Gasteiger partial charge in [0.05, 0.1) is 11.4 Å². The zero-order chi connectivity index (χ0) is 46.2. The van der Waals surface area contributed by atoms with E-state index in [1.807, 2.05) is 11.3 Å². The van der Waals surface area contributed by atoms with Crippen LogP contribution in [0.1, 0.15) is 52.6 Å². The summed E-state index contributed by atoms with van der Waals surface area (Å²) in [6.45, 7) is 6.92. The zero-order valence-electron chi connectivity index (χ0n) is 38.9. The Labute approximate surface area is 406 Å². The minimum Gasteiger partial charge on any atom is -0.228 e. The van der Waals surface area contributed by atoms with Gasteiger partial charge in [0.1, 0.15) is 0 Å². The van der Waals surface area contributed by atoms with Crippen LogP contribution in [-0.4, -0.2) is 9.97 Å². The lowest BCUT2D eigenvalue weighted by molar-refractivity contribution is 0.939. The highest BCUT2D eigenvalue weighted by atomic mass is 32.1. The van der Waals surface area contributed by atoms with E-state index in [9.17, 15) is 0 Å². The van der Waals surface area contributed by atoms with Crippen LogP contribution >= 0.6 is 11.3 Å². The van der Waals surface area contributed by atoms with Gasteiger partial charge in [-0.25, -0.2) is 9.97 Å². The summed E-state index contributed by atoms with van der Waals surface area (Å²) in [6.07, 6.45) is 6.71. The van der Waals surface area contributed by atoms with E-state index in [1.54, 1.807) is 0 Å². The smallest absolute Gasteiger partial charge is 0.160 e. The van der Waals surface area contributed by atoms with Gasteiger partial charge in [0.2, 0.25) is 0 Å². The second-order valence-electron chi connectivity index (χ2n) is 18.8. The van der Waals surface area contributed by atoms with Gasteiger partial charge in [0, 0.05) is 48.3 Å². The standard InChI is InChI=1S/C66H48N2S/c1-40-36-45-21-7-8-22-47(45)38-58(40)61-50(33-32-44-20-9-12-27-53(44)61)41(2)51-34-35-57(62-56-30-15-16-31-60(56)69-65(51)62)63-42(3)64(59-39-48-23-10-11-26-52(48)54-28-13-14-29-55(54)59)68-66(67-63)49-25-17-24-46(37-49)43-18-5-4-6-19-43/h4-10,12-25,27-39,41H,11,26H2,1-3H3. The molecule has 13 rings (SSSR count). The summed E-state index contributed by atoms with van der Waals surface area (Å²) in [6, 6.07) is 71.5. The molecule has 0 aliphatic heterocycles. The summed E-state index contributed by atoms with van der Waals surface area (Å²) >= 11 is 1.90. The lowest BCUT2D eigenvalue weighted by Gasteiger charge is -2.23. The maximum atomic E-state index is 5.67. The summed E-state index contributed by atoms with van der Waals surface area (Å²) < 4.78 is 2.57. The minimum atomic E-state index is 0.0772. The van der Waals surface area contributed by atoms with Gasteiger partial charge in [-0.2, -0.15) is 0 Å². The fraction of sp³-hybridized carbons (Fsp3) is 0.0909. The largest absolute Gasteiger partial charge is 0.228 e. The Morgan fingerprint density at radius 2 is 1.14 bits per heavy atom. The van der Waals surface area contributed by atoms with Crippen molar-refractivity contribution in [2.45, 2.75) is 39.5 Å². The monoisotopic (exact) mass is 900 g/mol. The fourth-order valence-electron chi connectivity index (χ4n) is 11.3. The number of allylic oxidation sites excluding steroid dienone is 1. The Morgan fingerprint density at radius 1 is 0.493 bits per heavy atom. The molecule has 69 heavy (non-hydrogen) atoms. The number of rotatable bonds is 7. The first-order valence-electron chi connectivity index (χ1n) is 24.2. The summed E-state index contributed by atoms with van der Waals surface area (Å²) in [5.41, 5.74) is 17.8. The highest BCUT2D eigenvalue weighted by Crippen LogP contribution is 2.49. The number of aromatic nitrogens is 2. The minimum absolute atomic E-state index is 0.0772. The Balaban J connectivity index is 1.06. The third-order valence-corrected chi connectivity index (χ3v) is 16.0. The molecule has 0 N–H and O–H groups in total. The Kier molecular flexibility index (Phi) is 9.95. The molecule has 0 amide bonds. The van der Waals surface area contributed by atoms with Crippen molar-refractivity contribution in [3.8, 4) is 56.2 Å². The second kappa shape index (κ2) is 16.7. The van der Waals surface area contributed by atoms with Gasteiger partial charge >= 0.3 is 0 Å². The van der Waals surface area contributed by atoms with Crippen LogP contribution in [-0.2, 0) is 6.42 Å². The molecule has 12 aromatic rings. The average molecular weight is 901 g/mol. The quantitative estimate of drug-likeness (QED) is 0.159. The molecule has 3 heteroatoms. The number of aryl methyl sites for hydroxylation is 2. The molecule has 0 spiro atoms. The van der Waals surface area contributed by atoms with E-state index in [2.05, 4.69) is 227 Å². The topological polar surface area (TPSA) is 25.8 Å². The lowest BCUT2D eigenvalue weighted by atomic mass is 9.82. The van der Waals surface area contributed by atoms with Gasteiger partial charge in [0.15, 0.2) is 5.82 Å². The van der Waals surface area contributed by atoms with Gasteiger partial charge in [0.25, 0.3) is 0 Å². The predicted molar refractivity (Wildman–Crippen MR) is 295 cm³/mol. The summed E-state index contributed by atoms with van der Waals surface area (Å²) in [7, 11) is 0. The molecule has 0 bridgehead atoms. The van der Waals surface area contributed by atoms with Crippen LogP contribution in [0, 0.1) is 13.8 Å². The maximum Gasteiger partial charge on any atom is 0.160 e. The molecular formula is C66H48N2S. The van der Waals surface area contributed by atoms with Gasteiger partial charge < -0.3 is 0 Å². The van der Waals surface area contributed by atoms with Gasteiger partial charge in [-0.05, 0) is 133 Å². The van der Waals surface area contributed by atoms with E-state index >= 15 is 0 Å². The van der Waals surface area contributed by atoms with Crippen LogP contribution < -0.4 is 0 Å². The van der Waals surface area contributed by atoms with E-state index < -0.39 is 0 Å². The predicted octanol–water partition coefficient (Wildman–Crippen LogP) is 18.4. The van der Waals surface area contributed by atoms with Gasteiger partial charge in [-0.15, -0.1) is 11.3 Å². The normalized spacial score (nSPS) is 12.9.